The maximum absolute atomic E-state index is 11.5. The van der Waals surface area contributed by atoms with Crippen LogP contribution in [0.15, 0.2) is 5.11 Å². The molecule has 0 N–H and O–H groups in total. The van der Waals surface area contributed by atoms with Gasteiger partial charge < -0.3 is 9.47 Å². The van der Waals surface area contributed by atoms with Crippen molar-refractivity contribution < 1.29 is 14.3 Å². The Morgan fingerprint density at radius 3 is 3.20 bits per heavy atom. The van der Waals surface area contributed by atoms with Gasteiger partial charge in [0.15, 0.2) is 0 Å². The van der Waals surface area contributed by atoms with Gasteiger partial charge in [-0.15, -0.1) is 0 Å². The monoisotopic (exact) mass is 213 g/mol. The number of hydrogen-bond donors (Lipinski definition) is 0. The first-order chi connectivity index (χ1) is 7.29. The molecular weight excluding hydrogens is 198 g/mol. The fraction of sp³-hybridized carbons (Fsp3) is 0.889. The highest BCUT2D eigenvalue weighted by molar-refractivity contribution is 5.73. The van der Waals surface area contributed by atoms with Gasteiger partial charge in [-0.25, -0.2) is 0 Å². The Labute approximate surface area is 88.2 Å². The third-order valence-electron chi connectivity index (χ3n) is 2.35. The Bertz CT molecular complexity index is 263. The molecule has 0 aromatic rings. The number of esters is 1. The Balaban J connectivity index is 2.56. The van der Waals surface area contributed by atoms with Gasteiger partial charge in [0.25, 0.3) is 0 Å². The zero-order valence-corrected chi connectivity index (χ0v) is 8.76. The first-order valence-electron chi connectivity index (χ1n) is 5.08. The Hall–Kier alpha value is -1.26. The average molecular weight is 213 g/mol. The van der Waals surface area contributed by atoms with Gasteiger partial charge >= 0.3 is 5.97 Å². The lowest BCUT2D eigenvalue weighted by Crippen LogP contribution is -2.38. The van der Waals surface area contributed by atoms with Crippen molar-refractivity contribution in [1.82, 2.24) is 0 Å². The smallest absolute Gasteiger partial charge is 0.311 e. The van der Waals surface area contributed by atoms with Crippen molar-refractivity contribution in [3.05, 3.63) is 10.4 Å². The van der Waals surface area contributed by atoms with Crippen LogP contribution in [-0.2, 0) is 14.3 Å². The molecule has 1 saturated heterocycles. The number of hydrogen-bond acceptors (Lipinski definition) is 4. The third kappa shape index (κ3) is 3.42. The molecule has 0 aromatic heterocycles. The maximum atomic E-state index is 11.5. The van der Waals surface area contributed by atoms with E-state index in [0.29, 0.717) is 13.2 Å². The zero-order valence-electron chi connectivity index (χ0n) is 8.76. The predicted molar refractivity (Wildman–Crippen MR) is 53.1 cm³/mol. The summed E-state index contributed by atoms with van der Waals surface area (Å²) in [6.07, 6.45) is 1.26. The van der Waals surface area contributed by atoms with Crippen LogP contribution in [0.5, 0.6) is 0 Å². The number of azide groups is 1. The summed E-state index contributed by atoms with van der Waals surface area (Å²) < 4.78 is 10.3. The van der Waals surface area contributed by atoms with Crippen LogP contribution in [0.2, 0.25) is 0 Å². The average Bonchev–Trinajstić information content (AvgIpc) is 2.27. The van der Waals surface area contributed by atoms with E-state index in [1.54, 1.807) is 6.92 Å². The Morgan fingerprint density at radius 1 is 1.73 bits per heavy atom. The summed E-state index contributed by atoms with van der Waals surface area (Å²) in [4.78, 5) is 14.2. The zero-order chi connectivity index (χ0) is 11.1. The van der Waals surface area contributed by atoms with Gasteiger partial charge in [0, 0.05) is 11.5 Å². The number of nitrogens with zero attached hydrogens (tertiary/aromatic N) is 3. The van der Waals surface area contributed by atoms with E-state index in [1.165, 1.54) is 0 Å². The SMILES string of the molecule is CCOC(=O)C1CCCOC1CN=[N+]=[N-]. The predicted octanol–water partition coefficient (Wildman–Crippen LogP) is 1.66. The summed E-state index contributed by atoms with van der Waals surface area (Å²) >= 11 is 0. The summed E-state index contributed by atoms with van der Waals surface area (Å²) in [5.41, 5.74) is 8.21. The van der Waals surface area contributed by atoms with E-state index in [1.807, 2.05) is 0 Å². The van der Waals surface area contributed by atoms with E-state index in [0.717, 1.165) is 12.8 Å². The van der Waals surface area contributed by atoms with Gasteiger partial charge in [-0.1, -0.05) is 5.11 Å². The molecule has 0 saturated carbocycles. The van der Waals surface area contributed by atoms with Crippen molar-refractivity contribution in [2.75, 3.05) is 19.8 Å². The van der Waals surface area contributed by atoms with Gasteiger partial charge in [0.1, 0.15) is 0 Å². The van der Waals surface area contributed by atoms with Crippen molar-refractivity contribution in [3.8, 4) is 0 Å². The molecule has 1 aliphatic rings. The summed E-state index contributed by atoms with van der Waals surface area (Å²) in [5, 5.41) is 3.44. The van der Waals surface area contributed by atoms with Crippen LogP contribution in [-0.4, -0.2) is 31.8 Å². The minimum absolute atomic E-state index is 0.194. The Morgan fingerprint density at radius 2 is 2.53 bits per heavy atom. The lowest BCUT2D eigenvalue weighted by Gasteiger charge is -2.28. The quantitative estimate of drug-likeness (QED) is 0.308. The van der Waals surface area contributed by atoms with Crippen LogP contribution in [0.3, 0.4) is 0 Å². The first-order valence-corrected chi connectivity index (χ1v) is 5.08. The minimum atomic E-state index is -0.325. The Kier molecular flexibility index (Phi) is 4.93. The van der Waals surface area contributed by atoms with Crippen LogP contribution in [0, 0.1) is 5.92 Å². The molecule has 2 unspecified atom stereocenters. The molecule has 0 bridgehead atoms. The molecule has 0 spiro atoms. The van der Waals surface area contributed by atoms with E-state index in [4.69, 9.17) is 15.0 Å². The highest BCUT2D eigenvalue weighted by Gasteiger charge is 2.32. The van der Waals surface area contributed by atoms with Gasteiger partial charge in [-0.2, -0.15) is 0 Å². The van der Waals surface area contributed by atoms with E-state index >= 15 is 0 Å². The lowest BCUT2D eigenvalue weighted by molar-refractivity contribution is -0.157. The van der Waals surface area contributed by atoms with Crippen molar-refractivity contribution in [3.63, 3.8) is 0 Å². The van der Waals surface area contributed by atoms with Crippen LogP contribution < -0.4 is 0 Å². The number of ether oxygens (including phenoxy) is 2. The molecule has 6 heteroatoms. The van der Waals surface area contributed by atoms with E-state index in [2.05, 4.69) is 10.0 Å². The van der Waals surface area contributed by atoms with Gasteiger partial charge in [0.2, 0.25) is 0 Å². The van der Waals surface area contributed by atoms with Gasteiger partial charge in [-0.05, 0) is 25.3 Å². The topological polar surface area (TPSA) is 84.3 Å². The molecular formula is C9H15N3O3. The van der Waals surface area contributed by atoms with E-state index in [-0.39, 0.29) is 24.5 Å². The summed E-state index contributed by atoms with van der Waals surface area (Å²) in [6, 6.07) is 0. The third-order valence-corrected chi connectivity index (χ3v) is 2.35. The van der Waals surface area contributed by atoms with Crippen molar-refractivity contribution in [2.24, 2.45) is 11.0 Å². The van der Waals surface area contributed by atoms with Crippen LogP contribution >= 0.6 is 0 Å². The molecule has 0 aliphatic carbocycles. The van der Waals surface area contributed by atoms with Crippen molar-refractivity contribution in [1.29, 1.82) is 0 Å². The van der Waals surface area contributed by atoms with Crippen molar-refractivity contribution in [2.45, 2.75) is 25.9 Å². The van der Waals surface area contributed by atoms with Gasteiger partial charge in [-0.3, -0.25) is 4.79 Å². The highest BCUT2D eigenvalue weighted by Crippen LogP contribution is 2.22. The van der Waals surface area contributed by atoms with E-state index in [9.17, 15) is 4.79 Å². The number of carbonyl (C=O) groups is 1. The van der Waals surface area contributed by atoms with Crippen LogP contribution in [0.1, 0.15) is 19.8 Å². The molecule has 0 amide bonds. The summed E-state index contributed by atoms with van der Waals surface area (Å²) in [6.45, 7) is 2.94. The highest BCUT2D eigenvalue weighted by atomic mass is 16.5. The molecule has 2 atom stereocenters. The van der Waals surface area contributed by atoms with Crippen LogP contribution in [0.4, 0.5) is 0 Å². The standard InChI is InChI=1S/C9H15N3O3/c1-2-14-9(13)7-4-3-5-15-8(7)6-11-12-10/h7-8H,2-6H2,1H3. The molecule has 6 nitrogen and oxygen atoms in total. The minimum Gasteiger partial charge on any atom is -0.466 e. The number of rotatable bonds is 4. The first kappa shape index (κ1) is 11.8. The molecule has 0 aromatic carbocycles. The molecule has 84 valence electrons. The fourth-order valence-corrected chi connectivity index (χ4v) is 1.66. The maximum Gasteiger partial charge on any atom is 0.311 e. The molecule has 0 radical (unpaired) electrons. The normalized spacial score (nSPS) is 25.4. The second kappa shape index (κ2) is 6.27. The second-order valence-electron chi connectivity index (χ2n) is 3.32. The van der Waals surface area contributed by atoms with Crippen molar-refractivity contribution >= 4 is 5.97 Å². The second-order valence-corrected chi connectivity index (χ2v) is 3.32. The van der Waals surface area contributed by atoms with Gasteiger partial charge in [0.05, 0.1) is 25.2 Å². The molecule has 1 fully saturated rings. The molecule has 1 rings (SSSR count). The van der Waals surface area contributed by atoms with Crippen LogP contribution in [0.25, 0.3) is 10.4 Å². The molecule has 1 aliphatic heterocycles. The molecule has 15 heavy (non-hydrogen) atoms. The largest absolute Gasteiger partial charge is 0.466 e. The lowest BCUT2D eigenvalue weighted by atomic mass is 9.94. The van der Waals surface area contributed by atoms with E-state index < -0.39 is 0 Å². The summed E-state index contributed by atoms with van der Waals surface area (Å²) in [5.74, 6) is -0.542. The number of carbonyl (C=O) groups excluding carboxylic acids is 1. The summed E-state index contributed by atoms with van der Waals surface area (Å²) in [7, 11) is 0. The molecule has 1 heterocycles. The fourth-order valence-electron chi connectivity index (χ4n) is 1.66.